The quantitative estimate of drug-likeness (QED) is 0.536. The number of nitrogens with zero attached hydrogens (tertiary/aromatic N) is 1. The van der Waals surface area contributed by atoms with Gasteiger partial charge in [0.05, 0.1) is 0 Å². The van der Waals surface area contributed by atoms with Crippen molar-refractivity contribution in [1.29, 1.82) is 0 Å². The van der Waals surface area contributed by atoms with E-state index in [0.29, 0.717) is 0 Å². The Bertz CT molecular complexity index is 1090. The lowest BCUT2D eigenvalue weighted by Crippen LogP contribution is -3.00. The van der Waals surface area contributed by atoms with Crippen LogP contribution >= 0.6 is 0 Å². The first kappa shape index (κ1) is 16.2. The number of fused-ring (bicyclic) bond motifs is 2. The molecule has 0 fully saturated rings. The number of rotatable bonds is 2. The van der Waals surface area contributed by atoms with Gasteiger partial charge in [-0.1, -0.05) is 36.4 Å². The van der Waals surface area contributed by atoms with Crippen molar-refractivity contribution < 1.29 is 17.0 Å². The first-order valence-corrected chi connectivity index (χ1v) is 7.80. The molecule has 0 radical (unpaired) electrons. The molecule has 0 aliphatic heterocycles. The Labute approximate surface area is 146 Å². The van der Waals surface area contributed by atoms with E-state index >= 15 is 0 Å². The third-order valence-electron chi connectivity index (χ3n) is 4.27. The maximum atomic E-state index is 12.4. The highest BCUT2D eigenvalue weighted by atomic mass is 35.5. The molecule has 0 bridgehead atoms. The van der Waals surface area contributed by atoms with Crippen LogP contribution in [0.4, 0.5) is 0 Å². The van der Waals surface area contributed by atoms with E-state index in [1.807, 2.05) is 41.2 Å². The summed E-state index contributed by atoms with van der Waals surface area (Å²) in [6.45, 7) is 2.91. The predicted octanol–water partition coefficient (Wildman–Crippen LogP) is 0.660. The molecule has 4 heteroatoms. The van der Waals surface area contributed by atoms with Crippen LogP contribution in [0.25, 0.3) is 32.8 Å². The van der Waals surface area contributed by atoms with Gasteiger partial charge in [0, 0.05) is 17.1 Å². The van der Waals surface area contributed by atoms with Gasteiger partial charge in [-0.3, -0.25) is 4.79 Å². The molecule has 1 N–H and O–H groups in total. The lowest BCUT2D eigenvalue weighted by Gasteiger charge is -2.05. The number of aromatic amines is 1. The number of H-pyrrole nitrogens is 1. The molecule has 0 amide bonds. The standard InChI is InChI=1S/C20H16N2O.ClH/c1-2-22-10-9-16-12-19(21-20(23)18(16)13-22)17-8-7-14-5-3-4-6-15(14)11-17;/h3-13H,2H2,1H3;1H. The fourth-order valence-corrected chi connectivity index (χ4v) is 2.96. The molecule has 2 aromatic heterocycles. The Morgan fingerprint density at radius 2 is 1.75 bits per heavy atom. The summed E-state index contributed by atoms with van der Waals surface area (Å²) in [7, 11) is 0. The van der Waals surface area contributed by atoms with Crippen molar-refractivity contribution in [3.05, 3.63) is 77.3 Å². The zero-order valence-electron chi connectivity index (χ0n) is 13.3. The molecule has 4 rings (SSSR count). The Morgan fingerprint density at radius 3 is 2.54 bits per heavy atom. The van der Waals surface area contributed by atoms with Crippen LogP contribution in [-0.4, -0.2) is 4.98 Å². The van der Waals surface area contributed by atoms with Gasteiger partial charge in [-0.05, 0) is 35.4 Å². The van der Waals surface area contributed by atoms with Crippen molar-refractivity contribution in [3.8, 4) is 11.3 Å². The number of aryl methyl sites for hydroxylation is 1. The van der Waals surface area contributed by atoms with Crippen molar-refractivity contribution in [3.63, 3.8) is 0 Å². The van der Waals surface area contributed by atoms with Gasteiger partial charge < -0.3 is 17.4 Å². The number of pyridine rings is 2. The lowest BCUT2D eigenvalue weighted by molar-refractivity contribution is -0.692. The summed E-state index contributed by atoms with van der Waals surface area (Å²) >= 11 is 0. The van der Waals surface area contributed by atoms with Crippen LogP contribution in [0, 0.1) is 0 Å². The first-order chi connectivity index (χ1) is 11.2. The molecular weight excluding hydrogens is 320 g/mol. The largest absolute Gasteiger partial charge is 1.00 e. The molecule has 2 heterocycles. The van der Waals surface area contributed by atoms with Crippen LogP contribution < -0.4 is 22.5 Å². The van der Waals surface area contributed by atoms with Crippen LogP contribution in [0.5, 0.6) is 0 Å². The molecule has 120 valence electrons. The van der Waals surface area contributed by atoms with E-state index in [2.05, 4.69) is 42.2 Å². The molecule has 24 heavy (non-hydrogen) atoms. The maximum Gasteiger partial charge on any atom is 0.262 e. The third kappa shape index (κ3) is 2.79. The number of benzene rings is 2. The Morgan fingerprint density at radius 1 is 0.958 bits per heavy atom. The van der Waals surface area contributed by atoms with Crippen molar-refractivity contribution in [2.24, 2.45) is 0 Å². The summed E-state index contributed by atoms with van der Waals surface area (Å²) < 4.78 is 2.01. The fourth-order valence-electron chi connectivity index (χ4n) is 2.96. The summed E-state index contributed by atoms with van der Waals surface area (Å²) in [6, 6.07) is 18.5. The highest BCUT2D eigenvalue weighted by molar-refractivity contribution is 5.89. The number of hydrogen-bond donors (Lipinski definition) is 1. The second kappa shape index (κ2) is 6.46. The normalized spacial score (nSPS) is 10.7. The summed E-state index contributed by atoms with van der Waals surface area (Å²) in [4.78, 5) is 15.4. The van der Waals surface area contributed by atoms with Gasteiger partial charge in [0.1, 0.15) is 11.9 Å². The molecule has 0 spiro atoms. The summed E-state index contributed by atoms with van der Waals surface area (Å²) in [6.07, 6.45) is 3.91. The molecule has 4 aromatic rings. The third-order valence-corrected chi connectivity index (χ3v) is 4.27. The van der Waals surface area contributed by atoms with Crippen LogP contribution in [0.3, 0.4) is 0 Å². The predicted molar refractivity (Wildman–Crippen MR) is 93.4 cm³/mol. The molecule has 0 aliphatic rings. The topological polar surface area (TPSA) is 36.7 Å². The average Bonchev–Trinajstić information content (AvgIpc) is 2.61. The van der Waals surface area contributed by atoms with Crippen molar-refractivity contribution in [2.45, 2.75) is 13.5 Å². The van der Waals surface area contributed by atoms with Crippen LogP contribution in [0.1, 0.15) is 6.92 Å². The second-order valence-corrected chi connectivity index (χ2v) is 5.72. The van der Waals surface area contributed by atoms with Crippen LogP contribution in [-0.2, 0) is 6.54 Å². The fraction of sp³-hybridized carbons (Fsp3) is 0.100. The zero-order chi connectivity index (χ0) is 15.8. The van der Waals surface area contributed by atoms with Crippen molar-refractivity contribution in [1.82, 2.24) is 4.98 Å². The molecular formula is C20H17ClN2O. The zero-order valence-corrected chi connectivity index (χ0v) is 14.0. The summed E-state index contributed by atoms with van der Waals surface area (Å²) in [5, 5.41) is 4.05. The van der Waals surface area contributed by atoms with Gasteiger partial charge in [-0.25, -0.2) is 4.57 Å². The SMILES string of the molecule is CC[n+]1ccc2cc(-c3ccc4ccccc4c3)[nH]c(=O)c2c1.[Cl-]. The summed E-state index contributed by atoms with van der Waals surface area (Å²) in [5.74, 6) is 0. The minimum atomic E-state index is -0.0477. The molecule has 0 saturated carbocycles. The molecule has 0 saturated heterocycles. The van der Waals surface area contributed by atoms with E-state index in [4.69, 9.17) is 0 Å². The van der Waals surface area contributed by atoms with Crippen molar-refractivity contribution in [2.75, 3.05) is 0 Å². The van der Waals surface area contributed by atoms with Gasteiger partial charge in [-0.15, -0.1) is 0 Å². The maximum absolute atomic E-state index is 12.4. The average molecular weight is 337 g/mol. The highest BCUT2D eigenvalue weighted by Crippen LogP contribution is 2.24. The molecule has 2 aromatic carbocycles. The number of hydrogen-bond acceptors (Lipinski definition) is 1. The number of aromatic nitrogens is 2. The number of halogens is 1. The van der Waals surface area contributed by atoms with E-state index in [0.717, 1.165) is 28.6 Å². The second-order valence-electron chi connectivity index (χ2n) is 5.72. The summed E-state index contributed by atoms with van der Waals surface area (Å²) in [5.41, 5.74) is 1.82. The molecule has 3 nitrogen and oxygen atoms in total. The van der Waals surface area contributed by atoms with Gasteiger partial charge in [0.15, 0.2) is 12.4 Å². The Balaban J connectivity index is 0.00000169. The monoisotopic (exact) mass is 336 g/mol. The van der Waals surface area contributed by atoms with E-state index < -0.39 is 0 Å². The van der Waals surface area contributed by atoms with Crippen LogP contribution in [0.15, 0.2) is 71.8 Å². The Kier molecular flexibility index (Phi) is 4.36. The highest BCUT2D eigenvalue weighted by Gasteiger charge is 2.08. The van der Waals surface area contributed by atoms with E-state index in [-0.39, 0.29) is 18.0 Å². The van der Waals surface area contributed by atoms with E-state index in [1.54, 1.807) is 0 Å². The smallest absolute Gasteiger partial charge is 0.262 e. The van der Waals surface area contributed by atoms with Gasteiger partial charge in [0.2, 0.25) is 0 Å². The van der Waals surface area contributed by atoms with Gasteiger partial charge in [-0.2, -0.15) is 0 Å². The van der Waals surface area contributed by atoms with Gasteiger partial charge in [0.25, 0.3) is 5.56 Å². The van der Waals surface area contributed by atoms with Crippen LogP contribution in [0.2, 0.25) is 0 Å². The van der Waals surface area contributed by atoms with E-state index in [9.17, 15) is 4.79 Å². The molecule has 0 atom stereocenters. The van der Waals surface area contributed by atoms with Crippen molar-refractivity contribution >= 4 is 21.5 Å². The Hall–Kier alpha value is -2.65. The lowest BCUT2D eigenvalue weighted by atomic mass is 10.0. The minimum Gasteiger partial charge on any atom is -1.00 e. The number of nitrogens with one attached hydrogen (secondary N) is 1. The minimum absolute atomic E-state index is 0. The molecule has 0 unspecified atom stereocenters. The van der Waals surface area contributed by atoms with Gasteiger partial charge >= 0.3 is 0 Å². The first-order valence-electron chi connectivity index (χ1n) is 7.80. The van der Waals surface area contributed by atoms with E-state index in [1.165, 1.54) is 10.8 Å². The molecule has 0 aliphatic carbocycles.